The number of phosphoric acid groups is 2. The number of allylic oxidation sites excluding steroid dienone is 4. The Labute approximate surface area is 624 Å². The Kier molecular flexibility index (Phi) is 71.0. The first-order valence-electron chi connectivity index (χ1n) is 42.2. The number of ether oxygens (including phenoxy) is 4. The van der Waals surface area contributed by atoms with E-state index in [-0.39, 0.29) is 25.7 Å². The average molecular weight is 1490 g/mol. The summed E-state index contributed by atoms with van der Waals surface area (Å²) < 4.78 is 68.7. The summed E-state index contributed by atoms with van der Waals surface area (Å²) >= 11 is 0. The molecule has 102 heavy (non-hydrogen) atoms. The fraction of sp³-hybridized carbons (Fsp3) is 0.904. The van der Waals surface area contributed by atoms with E-state index in [0.717, 1.165) is 127 Å². The second kappa shape index (κ2) is 72.7. The van der Waals surface area contributed by atoms with Crippen LogP contribution in [-0.4, -0.2) is 96.7 Å². The average Bonchev–Trinajstić information content (AvgIpc) is 1.26. The minimum Gasteiger partial charge on any atom is -0.462 e. The van der Waals surface area contributed by atoms with Crippen LogP contribution in [0.25, 0.3) is 0 Å². The molecule has 0 radical (unpaired) electrons. The molecule has 0 amide bonds. The van der Waals surface area contributed by atoms with E-state index in [1.807, 2.05) is 0 Å². The topological polar surface area (TPSA) is 237 Å². The number of hydrogen-bond acceptors (Lipinski definition) is 15. The van der Waals surface area contributed by atoms with E-state index < -0.39 is 97.5 Å². The van der Waals surface area contributed by atoms with Gasteiger partial charge in [-0.3, -0.25) is 37.3 Å². The summed E-state index contributed by atoms with van der Waals surface area (Å²) in [6, 6.07) is 0. The quantitative estimate of drug-likeness (QED) is 0.0169. The number of aliphatic hydroxyl groups excluding tert-OH is 1. The van der Waals surface area contributed by atoms with Gasteiger partial charge in [0.15, 0.2) is 12.2 Å². The number of hydrogen-bond donors (Lipinski definition) is 3. The number of carbonyl (C=O) groups is 4. The number of esters is 4. The summed E-state index contributed by atoms with van der Waals surface area (Å²) in [7, 11) is -9.94. The molecule has 0 aliphatic heterocycles. The van der Waals surface area contributed by atoms with Crippen LogP contribution in [0.15, 0.2) is 24.3 Å². The van der Waals surface area contributed by atoms with Crippen molar-refractivity contribution in [3.8, 4) is 0 Å². The first-order chi connectivity index (χ1) is 49.3. The lowest BCUT2D eigenvalue weighted by molar-refractivity contribution is -0.161. The molecule has 0 rings (SSSR count). The molecule has 0 saturated heterocycles. The van der Waals surface area contributed by atoms with Gasteiger partial charge in [-0.05, 0) is 69.1 Å². The van der Waals surface area contributed by atoms with Crippen LogP contribution < -0.4 is 0 Å². The molecule has 0 bridgehead atoms. The van der Waals surface area contributed by atoms with E-state index in [0.29, 0.717) is 25.7 Å². The van der Waals surface area contributed by atoms with Gasteiger partial charge in [-0.1, -0.05) is 355 Å². The number of phosphoric ester groups is 2. The van der Waals surface area contributed by atoms with Crippen molar-refractivity contribution in [1.82, 2.24) is 0 Å². The largest absolute Gasteiger partial charge is 0.472 e. The summed E-state index contributed by atoms with van der Waals surface area (Å²) in [6.07, 6.45) is 64.6. The Balaban J connectivity index is 5.26. The lowest BCUT2D eigenvalue weighted by Crippen LogP contribution is -2.30. The van der Waals surface area contributed by atoms with E-state index >= 15 is 0 Å². The van der Waals surface area contributed by atoms with Crippen LogP contribution in [-0.2, 0) is 65.4 Å². The highest BCUT2D eigenvalue weighted by molar-refractivity contribution is 7.47. The summed E-state index contributed by atoms with van der Waals surface area (Å²) in [4.78, 5) is 73.1. The lowest BCUT2D eigenvalue weighted by Gasteiger charge is -2.21. The van der Waals surface area contributed by atoms with Crippen LogP contribution in [0.2, 0.25) is 0 Å². The molecular weight excluding hydrogens is 1330 g/mol. The van der Waals surface area contributed by atoms with Gasteiger partial charge in [0, 0.05) is 25.7 Å². The normalized spacial score (nSPS) is 14.6. The fourth-order valence-electron chi connectivity index (χ4n) is 12.2. The van der Waals surface area contributed by atoms with Gasteiger partial charge in [0.05, 0.1) is 26.4 Å². The minimum atomic E-state index is -4.97. The van der Waals surface area contributed by atoms with Gasteiger partial charge < -0.3 is 33.8 Å². The Morgan fingerprint density at radius 3 is 0.873 bits per heavy atom. The molecule has 0 spiro atoms. The third-order valence-electron chi connectivity index (χ3n) is 19.5. The van der Waals surface area contributed by atoms with Crippen LogP contribution >= 0.6 is 15.6 Å². The molecule has 0 aromatic carbocycles. The first kappa shape index (κ1) is 99.5. The molecule has 0 fully saturated rings. The van der Waals surface area contributed by atoms with Gasteiger partial charge >= 0.3 is 39.5 Å². The second-order valence-corrected chi connectivity index (χ2v) is 33.0. The Morgan fingerprint density at radius 1 is 0.324 bits per heavy atom. The third-order valence-corrected chi connectivity index (χ3v) is 21.4. The zero-order valence-electron chi connectivity index (χ0n) is 66.6. The van der Waals surface area contributed by atoms with Gasteiger partial charge in [0.2, 0.25) is 0 Å². The lowest BCUT2D eigenvalue weighted by atomic mass is 9.99. The van der Waals surface area contributed by atoms with E-state index in [1.165, 1.54) is 199 Å². The maximum absolute atomic E-state index is 13.1. The first-order valence-corrected chi connectivity index (χ1v) is 45.2. The number of unbranched alkanes of at least 4 members (excludes halogenated alkanes) is 42. The molecule has 0 aromatic heterocycles. The molecule has 0 aromatic rings. The maximum Gasteiger partial charge on any atom is 0.472 e. The maximum atomic E-state index is 13.1. The molecule has 4 unspecified atom stereocenters. The van der Waals surface area contributed by atoms with Crippen molar-refractivity contribution in [2.45, 2.75) is 426 Å². The predicted molar refractivity (Wildman–Crippen MR) is 418 cm³/mol. The SMILES string of the molecule is CCCCCC/C=C\C=C/CCCCCCCC(=O)OC[C@H](COP(=O)(O)OC[C@@H](O)COP(=O)(O)OC[C@@H](COC(=O)CCCCCCCCCCC(C)C)OC(=O)CCCCCCCCCCCCC(C)CC)OC(=O)CCCCCCCCCCCCCCCCCCCCC(C)CC. The van der Waals surface area contributed by atoms with E-state index in [2.05, 4.69) is 72.8 Å². The van der Waals surface area contributed by atoms with Crippen molar-refractivity contribution in [2.24, 2.45) is 17.8 Å². The third kappa shape index (κ3) is 73.1. The standard InChI is InChI=1S/C83H158O17P2/c1-8-11-12-13-14-15-16-17-22-26-29-35-43-50-57-64-80(85)93-70-78(99-82(87)66-59-52-45-36-30-27-24-21-19-18-20-23-25-28-33-41-48-55-62-75(6)9-2)72-97-101(89,90)95-68-77(84)69-96-102(91,92)98-73-79(71-94-81(86)65-58-51-44-39-38-40-47-54-61-74(4)5)100-83(88)67-60-53-46-37-32-31-34-42-49-56-63-76(7)10-3/h15-17,22,74-79,84H,8-14,18-21,23-73H2,1-7H3,(H,89,90)(H,91,92)/b16-15-,22-17-/t75?,76?,77-,78-,79-/m1/s1. The number of carbonyl (C=O) groups excluding carboxylic acids is 4. The molecule has 3 N–H and O–H groups in total. The van der Waals surface area contributed by atoms with Crippen LogP contribution in [0, 0.1) is 17.8 Å². The van der Waals surface area contributed by atoms with Crippen molar-refractivity contribution >= 4 is 39.5 Å². The number of rotatable bonds is 79. The fourth-order valence-corrected chi connectivity index (χ4v) is 13.8. The molecule has 7 atom stereocenters. The Morgan fingerprint density at radius 2 is 0.578 bits per heavy atom. The summed E-state index contributed by atoms with van der Waals surface area (Å²) in [6.45, 7) is 11.9. The van der Waals surface area contributed by atoms with Crippen molar-refractivity contribution in [2.75, 3.05) is 39.6 Å². The van der Waals surface area contributed by atoms with Gasteiger partial charge in [-0.25, -0.2) is 9.13 Å². The van der Waals surface area contributed by atoms with E-state index in [4.69, 9.17) is 37.0 Å². The molecule has 0 aliphatic rings. The van der Waals surface area contributed by atoms with Crippen molar-refractivity contribution < 1.29 is 80.2 Å². The van der Waals surface area contributed by atoms with Crippen LogP contribution in [0.3, 0.4) is 0 Å². The zero-order chi connectivity index (χ0) is 75.1. The van der Waals surface area contributed by atoms with Crippen LogP contribution in [0.5, 0.6) is 0 Å². The molecule has 17 nitrogen and oxygen atoms in total. The minimum absolute atomic E-state index is 0.101. The van der Waals surface area contributed by atoms with Gasteiger partial charge in [0.1, 0.15) is 19.3 Å². The Bertz CT molecular complexity index is 2070. The molecule has 0 aliphatic carbocycles. The van der Waals surface area contributed by atoms with Crippen molar-refractivity contribution in [1.29, 1.82) is 0 Å². The van der Waals surface area contributed by atoms with Gasteiger partial charge in [-0.2, -0.15) is 0 Å². The van der Waals surface area contributed by atoms with Crippen molar-refractivity contribution in [3.05, 3.63) is 24.3 Å². The van der Waals surface area contributed by atoms with Crippen LogP contribution in [0.4, 0.5) is 0 Å². The van der Waals surface area contributed by atoms with Gasteiger partial charge in [-0.15, -0.1) is 0 Å². The Hall–Kier alpha value is -2.46. The summed E-state index contributed by atoms with van der Waals surface area (Å²) in [5.41, 5.74) is 0. The zero-order valence-corrected chi connectivity index (χ0v) is 68.4. The van der Waals surface area contributed by atoms with E-state index in [9.17, 15) is 43.2 Å². The molecular formula is C83H158O17P2. The second-order valence-electron chi connectivity index (χ2n) is 30.1. The molecule has 602 valence electrons. The monoisotopic (exact) mass is 1490 g/mol. The highest BCUT2D eigenvalue weighted by atomic mass is 31.2. The number of aliphatic hydroxyl groups is 1. The highest BCUT2D eigenvalue weighted by Gasteiger charge is 2.30. The molecule has 19 heteroatoms. The predicted octanol–water partition coefficient (Wildman–Crippen LogP) is 24.5. The van der Waals surface area contributed by atoms with Gasteiger partial charge in [0.25, 0.3) is 0 Å². The smallest absolute Gasteiger partial charge is 0.462 e. The molecule has 0 saturated carbocycles. The highest BCUT2D eigenvalue weighted by Crippen LogP contribution is 2.45. The van der Waals surface area contributed by atoms with E-state index in [1.54, 1.807) is 0 Å². The summed E-state index contributed by atoms with van der Waals surface area (Å²) in [5, 5.41) is 10.6. The van der Waals surface area contributed by atoms with Crippen molar-refractivity contribution in [3.63, 3.8) is 0 Å². The summed E-state index contributed by atoms with van der Waals surface area (Å²) in [5.74, 6) is 0.255. The van der Waals surface area contributed by atoms with Crippen LogP contribution in [0.1, 0.15) is 408 Å². The molecule has 0 heterocycles.